The molecular formula is C106H99ClF5N29O8. The first kappa shape index (κ1) is 106. The summed E-state index contributed by atoms with van der Waals surface area (Å²) in [5.74, 6) is -2.44. The molecule has 6 aromatic heterocycles. The zero-order valence-electron chi connectivity index (χ0n) is 79.9. The molecule has 3 aliphatic rings. The topological polar surface area (TPSA) is 466 Å². The summed E-state index contributed by atoms with van der Waals surface area (Å²) in [5.41, 5.74) is 11.8. The molecule has 0 radical (unpaired) electrons. The number of halogens is 6. The predicted octanol–water partition coefficient (Wildman–Crippen LogP) is 20.2. The Morgan fingerprint density at radius 2 is 0.846 bits per heavy atom. The van der Waals surface area contributed by atoms with E-state index in [1.165, 1.54) is 24.3 Å². The minimum atomic E-state index is -0.630. The first-order valence-corrected chi connectivity index (χ1v) is 46.5. The van der Waals surface area contributed by atoms with Crippen LogP contribution >= 0.6 is 11.6 Å². The fraction of sp³-hybridized carbons (Fsp3) is 0.132. The Balaban J connectivity index is 0.000000147. The van der Waals surface area contributed by atoms with E-state index < -0.39 is 29.1 Å². The molecule has 9 heterocycles. The number of hydrogen-bond acceptors (Lipinski definition) is 30. The number of ether oxygens (including phenoxy) is 1. The zero-order valence-corrected chi connectivity index (χ0v) is 80.7. The van der Waals surface area contributed by atoms with Crippen molar-refractivity contribution in [3.8, 4) is 5.75 Å². The normalized spacial score (nSPS) is 12.3. The summed E-state index contributed by atoms with van der Waals surface area (Å²) in [7, 11) is 1.87. The Morgan fingerprint density at radius 1 is 0.443 bits per heavy atom. The number of aliphatic imine (C=N–C) groups is 1. The number of carbonyl (C=O) groups is 6. The third kappa shape index (κ3) is 31.6. The van der Waals surface area contributed by atoms with Crippen molar-refractivity contribution in [3.63, 3.8) is 0 Å². The number of fused-ring (bicyclic) bond motifs is 2. The molecule has 1 atom stereocenters. The molecule has 9 aromatic carbocycles. The van der Waals surface area contributed by atoms with Crippen LogP contribution in [0.25, 0.3) is 10.9 Å². The molecule has 15 aromatic rings. The van der Waals surface area contributed by atoms with Crippen LogP contribution < -0.4 is 79.2 Å². The van der Waals surface area contributed by atoms with E-state index in [0.717, 1.165) is 108 Å². The van der Waals surface area contributed by atoms with Gasteiger partial charge < -0.3 is 94.1 Å². The molecule has 0 bridgehead atoms. The molecule has 2 saturated heterocycles. The fourth-order valence-corrected chi connectivity index (χ4v) is 14.8. The van der Waals surface area contributed by atoms with Crippen molar-refractivity contribution in [2.75, 3.05) is 107 Å². The highest BCUT2D eigenvalue weighted by atomic mass is 35.5. The average Bonchev–Trinajstić information content (AvgIpc) is 1.75. The molecule has 6 amide bonds. The molecule has 0 aliphatic carbocycles. The van der Waals surface area contributed by atoms with Crippen molar-refractivity contribution < 1.29 is 60.6 Å². The summed E-state index contributed by atoms with van der Waals surface area (Å²) in [4.78, 5) is 118. The van der Waals surface area contributed by atoms with E-state index in [9.17, 15) is 55.8 Å². The molecule has 0 unspecified atom stereocenters. The number of aryl methyl sites for hydroxylation is 1. The van der Waals surface area contributed by atoms with E-state index in [1.54, 1.807) is 161 Å². The van der Waals surface area contributed by atoms with Crippen LogP contribution in [0.5, 0.6) is 5.75 Å². The van der Waals surface area contributed by atoms with E-state index in [0.29, 0.717) is 113 Å². The highest BCUT2D eigenvalue weighted by Gasteiger charge is 2.26. The maximum Gasteiger partial charge on any atom is 0.247 e. The summed E-state index contributed by atoms with van der Waals surface area (Å²) < 4.78 is 78.7. The number of rotatable bonds is 35. The molecule has 2 fully saturated rings. The third-order valence-corrected chi connectivity index (χ3v) is 22.0. The van der Waals surface area contributed by atoms with E-state index in [4.69, 9.17) is 16.3 Å². The lowest BCUT2D eigenvalue weighted by atomic mass is 10.1. The van der Waals surface area contributed by atoms with Gasteiger partial charge in [-0.25, -0.2) is 46.9 Å². The van der Waals surface area contributed by atoms with Crippen LogP contribution in [0.1, 0.15) is 48.8 Å². The van der Waals surface area contributed by atoms with Gasteiger partial charge in [-0.15, -0.1) is 0 Å². The van der Waals surface area contributed by atoms with Gasteiger partial charge in [-0.3, -0.25) is 38.4 Å². The number of hydrogen-bond donors (Lipinski definition) is 15. The van der Waals surface area contributed by atoms with Gasteiger partial charge in [0.05, 0.1) is 62.5 Å². The van der Waals surface area contributed by atoms with E-state index in [1.807, 2.05) is 78.8 Å². The zero-order chi connectivity index (χ0) is 105. The van der Waals surface area contributed by atoms with Crippen molar-refractivity contribution in [2.24, 2.45) is 12.0 Å². The number of aliphatic hydroxyl groups excluding tert-OH is 1. The lowest BCUT2D eigenvalue weighted by Crippen LogP contribution is -2.44. The number of piperidine rings is 1. The maximum atomic E-state index is 14.4. The SMILES string of the molecule is C=CC(=O)N1CCC[C@@H](Nc2nc(Nc3cccc(Cl)c3)ncc2F)C1.C=CC(=O)Nc1cccc(Nc2nc(Nc3ccc4c(c3)C=NC4)ncc2F)c1.C=CC(=O)Nc1cccc(Nc2nc(Nc3ccc4c(cnn4C)c3)ncc2F)c1.C=CC(=O)Nc1cccc(Nc2nc(Nc3cccc(CO)c3)ncc2F)c1.C=CC(=O)Nc1cccc(Nc2nc(Nc3cccc(OCCCN4CCCC4=O)c3)ncc2F)c1. The number of carbonyl (C=O) groups excluding carboxylic acids is 6. The van der Waals surface area contributed by atoms with Crippen LogP contribution in [-0.2, 0) is 49.0 Å². The summed E-state index contributed by atoms with van der Waals surface area (Å²) in [6.45, 7) is 20.9. The molecule has 758 valence electrons. The second-order valence-electron chi connectivity index (χ2n) is 32.7. The van der Waals surface area contributed by atoms with Gasteiger partial charge in [0, 0.05) is 142 Å². The second kappa shape index (κ2) is 52.1. The number of aromatic nitrogens is 12. The Hall–Kier alpha value is -19.3. The summed E-state index contributed by atoms with van der Waals surface area (Å²) in [6.07, 6.45) is 18.9. The van der Waals surface area contributed by atoms with Crippen molar-refractivity contribution in [1.82, 2.24) is 69.4 Å². The minimum Gasteiger partial charge on any atom is -0.493 e. The quantitative estimate of drug-likeness (QED) is 0.00996. The first-order chi connectivity index (χ1) is 72.2. The third-order valence-electron chi connectivity index (χ3n) is 21.7. The Kier molecular flexibility index (Phi) is 36.9. The molecule has 149 heavy (non-hydrogen) atoms. The van der Waals surface area contributed by atoms with Gasteiger partial charge in [-0.05, 0) is 218 Å². The van der Waals surface area contributed by atoms with Crippen LogP contribution in [0.4, 0.5) is 155 Å². The van der Waals surface area contributed by atoms with Crippen LogP contribution in [0, 0.1) is 29.1 Å². The molecule has 18 rings (SSSR count). The van der Waals surface area contributed by atoms with Gasteiger partial charge in [0.15, 0.2) is 58.2 Å². The molecular weight excluding hydrogens is 1940 g/mol. The number of likely N-dealkylation sites (tertiary alicyclic amines) is 2. The van der Waals surface area contributed by atoms with E-state index in [-0.39, 0.29) is 107 Å². The number of aliphatic hydroxyl groups is 1. The Labute approximate surface area is 856 Å². The monoisotopic (exact) mass is 2040 g/mol. The predicted molar refractivity (Wildman–Crippen MR) is 569 cm³/mol. The number of benzene rings is 9. The lowest BCUT2D eigenvalue weighted by molar-refractivity contribution is -0.128. The fourth-order valence-electron chi connectivity index (χ4n) is 14.7. The van der Waals surface area contributed by atoms with E-state index in [2.05, 4.69) is 167 Å². The number of nitrogens with zero attached hydrogens (tertiary/aromatic N) is 15. The molecule has 0 saturated carbocycles. The van der Waals surface area contributed by atoms with Crippen LogP contribution in [0.3, 0.4) is 0 Å². The highest BCUT2D eigenvalue weighted by molar-refractivity contribution is 6.30. The van der Waals surface area contributed by atoms with Gasteiger partial charge >= 0.3 is 0 Å². The van der Waals surface area contributed by atoms with Gasteiger partial charge in [0.25, 0.3) is 0 Å². The number of anilines is 23. The smallest absolute Gasteiger partial charge is 0.247 e. The summed E-state index contributed by atoms with van der Waals surface area (Å²) in [6, 6.07) is 60.1. The van der Waals surface area contributed by atoms with Gasteiger partial charge in [0.1, 0.15) is 5.75 Å². The molecule has 37 nitrogen and oxygen atoms in total. The van der Waals surface area contributed by atoms with Crippen molar-refractivity contribution in [3.05, 3.63) is 358 Å². The highest BCUT2D eigenvalue weighted by Crippen LogP contribution is 2.33. The Bertz CT molecular complexity index is 7450. The summed E-state index contributed by atoms with van der Waals surface area (Å²) >= 11 is 5.96. The lowest BCUT2D eigenvalue weighted by Gasteiger charge is -2.32. The van der Waals surface area contributed by atoms with Gasteiger partial charge in [-0.1, -0.05) is 99.1 Å². The van der Waals surface area contributed by atoms with Gasteiger partial charge in [-0.2, -0.15) is 30.0 Å². The number of amides is 6. The molecule has 15 N–H and O–H groups in total. The van der Waals surface area contributed by atoms with Crippen molar-refractivity contribution in [2.45, 2.75) is 51.3 Å². The van der Waals surface area contributed by atoms with Gasteiger partial charge in [0.2, 0.25) is 65.2 Å². The van der Waals surface area contributed by atoms with Crippen molar-refractivity contribution in [1.29, 1.82) is 0 Å². The maximum absolute atomic E-state index is 14.4. The van der Waals surface area contributed by atoms with Crippen LogP contribution in [-0.4, -0.2) is 155 Å². The first-order valence-electron chi connectivity index (χ1n) is 46.1. The average molecular weight is 2040 g/mol. The number of nitrogens with one attached hydrogen (secondary N) is 14. The Morgan fingerprint density at radius 3 is 1.29 bits per heavy atom. The van der Waals surface area contributed by atoms with Crippen LogP contribution in [0.15, 0.2) is 312 Å². The standard InChI is InChI=1S/C26H27FN6O3.C21H18FN7O.C21H17FN6O.C20H18FN5O2.C18H19ClFN5O/c1-2-23(34)29-18-7-3-8-19(15-18)30-25-22(27)17-28-26(32-25)31-20-9-4-10-21(16-20)36-14-6-13-33-12-5-11-24(33)35;1-3-19(30)25-14-5-4-6-15(10-14)26-20-17(22)12-23-21(28-20)27-16-7-8-18-13(9-16)11-24-29(18)2;1-2-19(29)25-15-4-3-5-16(9-15)26-20-18(22)12-24-21(28-20)27-17-7-6-13-10-23-11-14(13)8-17;1-2-18(28)23-15-7-4-8-16(10-15)24-19-17(21)11-22-20(26-19)25-14-6-3-5-13(9-14)12-27;1-2-16(26)25-8-4-7-14(11-25)22-17-15(20)10-21-18(24-17)23-13-6-3-5-12(19)9-13/h2-4,7-10,15-17H,1,5-6,11-14H2,(H,29,34)(H2,28,30,31,32);3-12H,1H2,2H3,(H,25,30)(H2,23,26,27,28);2-9,11-12H,1,10H2,(H,25,29)(H2,24,26,27,28);2-11,27H,1,12H2,(H,23,28)(H2,22,24,25,26);2-3,5-6,9-10,14H,1,4,7-8,11H2,(H2,21,22,23,24)/t;;;;14-/m....1/s1. The van der Waals surface area contributed by atoms with Crippen molar-refractivity contribution >= 4 is 197 Å². The molecule has 43 heteroatoms. The van der Waals surface area contributed by atoms with E-state index >= 15 is 0 Å². The largest absolute Gasteiger partial charge is 0.493 e. The summed E-state index contributed by atoms with van der Waals surface area (Å²) in [5, 5.41) is 55.4. The minimum absolute atomic E-state index is 0.00199. The molecule has 3 aliphatic heterocycles. The second-order valence-corrected chi connectivity index (χ2v) is 33.1. The molecule has 0 spiro atoms. The van der Waals surface area contributed by atoms with Crippen LogP contribution in [0.2, 0.25) is 5.02 Å².